The summed E-state index contributed by atoms with van der Waals surface area (Å²) in [6.07, 6.45) is 3.51. The number of hydrogen-bond donors (Lipinski definition) is 2. The molecule has 0 bridgehead atoms. The van der Waals surface area contributed by atoms with Crippen LogP contribution < -0.4 is 11.5 Å². The van der Waals surface area contributed by atoms with E-state index in [2.05, 4.69) is 6.92 Å². The molecule has 0 aliphatic carbocycles. The molecule has 0 heterocycles. The van der Waals surface area contributed by atoms with Crippen LogP contribution in [-0.4, -0.2) is 13.1 Å². The van der Waals surface area contributed by atoms with Crippen LogP contribution in [0, 0.1) is 5.92 Å². The third-order valence-electron chi connectivity index (χ3n) is 1.73. The van der Waals surface area contributed by atoms with E-state index in [9.17, 15) is 0 Å². The molecule has 0 radical (unpaired) electrons. The second kappa shape index (κ2) is 6.05. The third kappa shape index (κ3) is 4.43. The van der Waals surface area contributed by atoms with Crippen molar-refractivity contribution in [2.45, 2.75) is 26.2 Å². The molecule has 0 saturated heterocycles. The molecule has 0 aliphatic rings. The number of rotatable bonds is 5. The summed E-state index contributed by atoms with van der Waals surface area (Å²) in [4.78, 5) is 0. The van der Waals surface area contributed by atoms with Crippen LogP contribution in [0.5, 0.6) is 0 Å². The Kier molecular flexibility index (Phi) is 5.99. The molecule has 56 valence electrons. The van der Waals surface area contributed by atoms with Crippen molar-refractivity contribution < 1.29 is 0 Å². The molecule has 0 rings (SSSR count). The van der Waals surface area contributed by atoms with E-state index in [1.165, 1.54) is 12.8 Å². The predicted molar refractivity (Wildman–Crippen MR) is 41.1 cm³/mol. The van der Waals surface area contributed by atoms with Gasteiger partial charge >= 0.3 is 0 Å². The van der Waals surface area contributed by atoms with Crippen molar-refractivity contribution >= 4 is 0 Å². The van der Waals surface area contributed by atoms with Gasteiger partial charge < -0.3 is 11.5 Å². The summed E-state index contributed by atoms with van der Waals surface area (Å²) >= 11 is 0. The van der Waals surface area contributed by atoms with Crippen LogP contribution in [-0.2, 0) is 0 Å². The van der Waals surface area contributed by atoms with Crippen LogP contribution in [0.1, 0.15) is 26.2 Å². The molecule has 0 aromatic rings. The largest absolute Gasteiger partial charge is 0.330 e. The van der Waals surface area contributed by atoms with Crippen LogP contribution in [0.2, 0.25) is 0 Å². The zero-order valence-electron chi connectivity index (χ0n) is 6.27. The molecule has 1 atom stereocenters. The highest BCUT2D eigenvalue weighted by Gasteiger charge is 2.00. The predicted octanol–water partition coefficient (Wildman–Crippen LogP) is 0.710. The molecular weight excluding hydrogens is 112 g/mol. The van der Waals surface area contributed by atoms with Crippen molar-refractivity contribution in [2.24, 2.45) is 17.4 Å². The highest BCUT2D eigenvalue weighted by molar-refractivity contribution is 4.57. The fourth-order valence-corrected chi connectivity index (χ4v) is 0.895. The van der Waals surface area contributed by atoms with Crippen LogP contribution in [0.4, 0.5) is 0 Å². The number of hydrogen-bond acceptors (Lipinski definition) is 2. The molecule has 0 aromatic carbocycles. The fraction of sp³-hybridized carbons (Fsp3) is 1.00. The van der Waals surface area contributed by atoms with E-state index in [1.54, 1.807) is 0 Å². The van der Waals surface area contributed by atoms with Gasteiger partial charge in [-0.1, -0.05) is 13.3 Å². The van der Waals surface area contributed by atoms with E-state index in [4.69, 9.17) is 11.5 Å². The minimum atomic E-state index is 0.702. The second-order valence-electron chi connectivity index (χ2n) is 2.44. The van der Waals surface area contributed by atoms with Gasteiger partial charge in [-0.05, 0) is 31.8 Å². The molecule has 4 N–H and O–H groups in total. The summed E-state index contributed by atoms with van der Waals surface area (Å²) < 4.78 is 0. The molecule has 1 unspecified atom stereocenters. The Hall–Kier alpha value is -0.0800. The zero-order valence-corrected chi connectivity index (χ0v) is 6.27. The molecule has 9 heavy (non-hydrogen) atoms. The maximum atomic E-state index is 5.48. The monoisotopic (exact) mass is 130 g/mol. The van der Waals surface area contributed by atoms with Gasteiger partial charge in [-0.25, -0.2) is 0 Å². The summed E-state index contributed by atoms with van der Waals surface area (Å²) in [5.41, 5.74) is 10.8. The fourth-order valence-electron chi connectivity index (χ4n) is 0.895. The van der Waals surface area contributed by atoms with Gasteiger partial charge in [0.2, 0.25) is 0 Å². The topological polar surface area (TPSA) is 52.0 Å². The van der Waals surface area contributed by atoms with Gasteiger partial charge in [-0.2, -0.15) is 0 Å². The summed E-state index contributed by atoms with van der Waals surface area (Å²) in [5, 5.41) is 0. The van der Waals surface area contributed by atoms with E-state index in [0.29, 0.717) is 5.92 Å². The summed E-state index contributed by atoms with van der Waals surface area (Å²) in [6, 6.07) is 0. The lowest BCUT2D eigenvalue weighted by Gasteiger charge is -2.09. The number of nitrogens with two attached hydrogens (primary N) is 2. The first kappa shape index (κ1) is 8.92. The molecule has 0 spiro atoms. The average Bonchev–Trinajstić information content (AvgIpc) is 1.91. The molecule has 2 nitrogen and oxygen atoms in total. The molecule has 0 aliphatic heterocycles. The van der Waals surface area contributed by atoms with Crippen LogP contribution in [0.3, 0.4) is 0 Å². The van der Waals surface area contributed by atoms with E-state index < -0.39 is 0 Å². The van der Waals surface area contributed by atoms with E-state index >= 15 is 0 Å². The standard InChI is InChI=1S/C7H18N2/c1-2-7(6-9)4-3-5-8/h7H,2-6,8-9H2,1H3. The summed E-state index contributed by atoms with van der Waals surface area (Å²) in [6.45, 7) is 3.79. The van der Waals surface area contributed by atoms with E-state index in [0.717, 1.165) is 19.5 Å². The van der Waals surface area contributed by atoms with Gasteiger partial charge in [-0.3, -0.25) is 0 Å². The first-order chi connectivity index (χ1) is 4.35. The molecule has 0 fully saturated rings. The van der Waals surface area contributed by atoms with Crippen molar-refractivity contribution in [3.8, 4) is 0 Å². The van der Waals surface area contributed by atoms with E-state index in [1.807, 2.05) is 0 Å². The summed E-state index contributed by atoms with van der Waals surface area (Å²) in [5.74, 6) is 0.702. The average molecular weight is 130 g/mol. The van der Waals surface area contributed by atoms with Crippen LogP contribution in [0.25, 0.3) is 0 Å². The minimum Gasteiger partial charge on any atom is -0.330 e. The second-order valence-corrected chi connectivity index (χ2v) is 2.44. The Morgan fingerprint density at radius 3 is 2.33 bits per heavy atom. The van der Waals surface area contributed by atoms with Gasteiger partial charge in [0.05, 0.1) is 0 Å². The molecule has 0 aromatic heterocycles. The van der Waals surface area contributed by atoms with Gasteiger partial charge in [0, 0.05) is 0 Å². The Labute approximate surface area is 57.6 Å². The van der Waals surface area contributed by atoms with Gasteiger partial charge in [0.15, 0.2) is 0 Å². The Balaban J connectivity index is 3.09. The highest BCUT2D eigenvalue weighted by atomic mass is 14.6. The van der Waals surface area contributed by atoms with Gasteiger partial charge in [0.25, 0.3) is 0 Å². The lowest BCUT2D eigenvalue weighted by molar-refractivity contribution is 0.468. The maximum Gasteiger partial charge on any atom is -0.00490 e. The lowest BCUT2D eigenvalue weighted by atomic mass is 10.0. The van der Waals surface area contributed by atoms with Crippen molar-refractivity contribution in [3.63, 3.8) is 0 Å². The highest BCUT2D eigenvalue weighted by Crippen LogP contribution is 2.07. The molecule has 0 saturated carbocycles. The van der Waals surface area contributed by atoms with Crippen LogP contribution >= 0.6 is 0 Å². The molecule has 0 amide bonds. The smallest absolute Gasteiger partial charge is 0.00490 e. The molecular formula is C7H18N2. The lowest BCUT2D eigenvalue weighted by Crippen LogP contribution is -2.14. The third-order valence-corrected chi connectivity index (χ3v) is 1.73. The minimum absolute atomic E-state index is 0.702. The van der Waals surface area contributed by atoms with E-state index in [-0.39, 0.29) is 0 Å². The van der Waals surface area contributed by atoms with Crippen molar-refractivity contribution in [1.29, 1.82) is 0 Å². The van der Waals surface area contributed by atoms with Gasteiger partial charge in [0.1, 0.15) is 0 Å². The maximum absolute atomic E-state index is 5.48. The first-order valence-corrected chi connectivity index (χ1v) is 3.75. The normalized spacial score (nSPS) is 13.7. The van der Waals surface area contributed by atoms with Crippen LogP contribution in [0.15, 0.2) is 0 Å². The SMILES string of the molecule is CCC(CN)CCCN. The quantitative estimate of drug-likeness (QED) is 0.576. The van der Waals surface area contributed by atoms with Crippen molar-refractivity contribution in [1.82, 2.24) is 0 Å². The molecule has 2 heteroatoms. The Morgan fingerprint density at radius 1 is 1.33 bits per heavy atom. The van der Waals surface area contributed by atoms with Crippen molar-refractivity contribution in [3.05, 3.63) is 0 Å². The Morgan fingerprint density at radius 2 is 2.00 bits per heavy atom. The van der Waals surface area contributed by atoms with Crippen molar-refractivity contribution in [2.75, 3.05) is 13.1 Å². The Bertz CT molecular complexity index is 50.9. The summed E-state index contributed by atoms with van der Waals surface area (Å²) in [7, 11) is 0. The zero-order chi connectivity index (χ0) is 7.11. The first-order valence-electron chi connectivity index (χ1n) is 3.75. The van der Waals surface area contributed by atoms with Gasteiger partial charge in [-0.15, -0.1) is 0 Å².